The summed E-state index contributed by atoms with van der Waals surface area (Å²) >= 11 is 0. The fraction of sp³-hybridized carbons (Fsp3) is 0.600. The number of aryl methyl sites for hydroxylation is 1. The smallest absolute Gasteiger partial charge is 0.115 e. The number of hydrogen-bond donors (Lipinski definition) is 1. The number of hydrogen-bond acceptors (Lipinski definition) is 2. The number of benzene rings is 1. The van der Waals surface area contributed by atoms with Crippen LogP contribution in [0.1, 0.15) is 45.1 Å². The van der Waals surface area contributed by atoms with E-state index >= 15 is 0 Å². The minimum atomic E-state index is 0.338. The van der Waals surface area contributed by atoms with Crippen LogP contribution in [0.15, 0.2) is 24.3 Å². The molecule has 0 heterocycles. The maximum absolute atomic E-state index is 9.16. The summed E-state index contributed by atoms with van der Waals surface area (Å²) in [4.78, 5) is 0. The van der Waals surface area contributed by atoms with Gasteiger partial charge < -0.3 is 9.84 Å². The second-order valence-electron chi connectivity index (χ2n) is 4.59. The average Bonchev–Trinajstić information content (AvgIpc) is 2.31. The van der Waals surface area contributed by atoms with Gasteiger partial charge in [0.15, 0.2) is 0 Å². The normalized spacial score (nSPS) is 12.6. The van der Waals surface area contributed by atoms with Crippen molar-refractivity contribution < 1.29 is 9.84 Å². The highest BCUT2D eigenvalue weighted by atomic mass is 16.5. The molecule has 2 nitrogen and oxygen atoms in total. The number of aromatic hydroxyl groups is 1. The Balaban J connectivity index is 2.06. The first-order valence-electron chi connectivity index (χ1n) is 6.62. The van der Waals surface area contributed by atoms with E-state index in [0.717, 1.165) is 32.3 Å². The largest absolute Gasteiger partial charge is 0.508 e. The number of unbranched alkanes of at least 4 members (excludes halogenated alkanes) is 1. The zero-order valence-corrected chi connectivity index (χ0v) is 11.0. The lowest BCUT2D eigenvalue weighted by atomic mass is 10.1. The molecule has 0 aliphatic carbocycles. The first-order chi connectivity index (χ1) is 8.22. The molecule has 0 spiro atoms. The lowest BCUT2D eigenvalue weighted by molar-refractivity contribution is 0.0574. The van der Waals surface area contributed by atoms with E-state index in [0.29, 0.717) is 11.9 Å². The Bertz CT molecular complexity index is 292. The zero-order valence-electron chi connectivity index (χ0n) is 11.0. The molecule has 96 valence electrons. The molecule has 1 aromatic carbocycles. The van der Waals surface area contributed by atoms with Crippen LogP contribution < -0.4 is 0 Å². The number of phenols is 1. The SMILES string of the molecule is CCCC(C)OCCCCc1ccc(O)cc1. The van der Waals surface area contributed by atoms with E-state index in [-0.39, 0.29) is 0 Å². The van der Waals surface area contributed by atoms with E-state index in [1.165, 1.54) is 12.0 Å². The Hall–Kier alpha value is -1.02. The Morgan fingerprint density at radius 1 is 1.18 bits per heavy atom. The van der Waals surface area contributed by atoms with Gasteiger partial charge in [-0.05, 0) is 50.3 Å². The van der Waals surface area contributed by atoms with E-state index in [9.17, 15) is 0 Å². The maximum Gasteiger partial charge on any atom is 0.115 e. The average molecular weight is 236 g/mol. The van der Waals surface area contributed by atoms with Crippen molar-refractivity contribution in [1.82, 2.24) is 0 Å². The summed E-state index contributed by atoms with van der Waals surface area (Å²) in [7, 11) is 0. The summed E-state index contributed by atoms with van der Waals surface area (Å²) in [5.74, 6) is 0.338. The molecule has 0 aromatic heterocycles. The van der Waals surface area contributed by atoms with Crippen LogP contribution >= 0.6 is 0 Å². The highest BCUT2D eigenvalue weighted by Crippen LogP contribution is 2.12. The van der Waals surface area contributed by atoms with Crippen molar-refractivity contribution in [2.24, 2.45) is 0 Å². The van der Waals surface area contributed by atoms with E-state index < -0.39 is 0 Å². The van der Waals surface area contributed by atoms with Crippen LogP contribution in [0.4, 0.5) is 0 Å². The predicted octanol–water partition coefficient (Wildman–Crippen LogP) is 3.92. The highest BCUT2D eigenvalue weighted by molar-refractivity contribution is 5.25. The standard InChI is InChI=1S/C15H24O2/c1-3-6-13(2)17-12-5-4-7-14-8-10-15(16)11-9-14/h8-11,13,16H,3-7,12H2,1-2H3. The lowest BCUT2D eigenvalue weighted by Gasteiger charge is -2.11. The molecule has 0 bridgehead atoms. The quantitative estimate of drug-likeness (QED) is 0.693. The first kappa shape index (κ1) is 14.0. The van der Waals surface area contributed by atoms with Gasteiger partial charge in [-0.1, -0.05) is 25.5 Å². The van der Waals surface area contributed by atoms with Gasteiger partial charge in [0.2, 0.25) is 0 Å². The molecular weight excluding hydrogens is 212 g/mol. The zero-order chi connectivity index (χ0) is 12.5. The minimum absolute atomic E-state index is 0.338. The van der Waals surface area contributed by atoms with E-state index in [1.54, 1.807) is 12.1 Å². The molecule has 1 unspecified atom stereocenters. The molecule has 0 amide bonds. The molecular formula is C15H24O2. The van der Waals surface area contributed by atoms with Crippen molar-refractivity contribution in [1.29, 1.82) is 0 Å². The third-order valence-electron chi connectivity index (χ3n) is 2.89. The summed E-state index contributed by atoms with van der Waals surface area (Å²) in [5, 5.41) is 9.16. The molecule has 2 heteroatoms. The van der Waals surface area contributed by atoms with Gasteiger partial charge in [-0.25, -0.2) is 0 Å². The van der Waals surface area contributed by atoms with Crippen molar-refractivity contribution in [3.63, 3.8) is 0 Å². The van der Waals surface area contributed by atoms with Gasteiger partial charge in [0.1, 0.15) is 5.75 Å². The third-order valence-corrected chi connectivity index (χ3v) is 2.89. The van der Waals surface area contributed by atoms with Crippen molar-refractivity contribution in [2.75, 3.05) is 6.61 Å². The molecule has 0 radical (unpaired) electrons. The van der Waals surface area contributed by atoms with Crippen LogP contribution in [0.3, 0.4) is 0 Å². The van der Waals surface area contributed by atoms with Gasteiger partial charge in [-0.3, -0.25) is 0 Å². The summed E-state index contributed by atoms with van der Waals surface area (Å²) in [6.07, 6.45) is 6.05. The summed E-state index contributed by atoms with van der Waals surface area (Å²) < 4.78 is 5.70. The van der Waals surface area contributed by atoms with Gasteiger partial charge in [-0.2, -0.15) is 0 Å². The molecule has 0 fully saturated rings. The second-order valence-corrected chi connectivity index (χ2v) is 4.59. The molecule has 0 saturated heterocycles. The van der Waals surface area contributed by atoms with Crippen molar-refractivity contribution >= 4 is 0 Å². The molecule has 17 heavy (non-hydrogen) atoms. The van der Waals surface area contributed by atoms with Gasteiger partial charge in [-0.15, -0.1) is 0 Å². The molecule has 1 atom stereocenters. The summed E-state index contributed by atoms with van der Waals surface area (Å²) in [5.41, 5.74) is 1.28. The van der Waals surface area contributed by atoms with Crippen LogP contribution in [-0.4, -0.2) is 17.8 Å². The van der Waals surface area contributed by atoms with Crippen molar-refractivity contribution in [3.05, 3.63) is 29.8 Å². The van der Waals surface area contributed by atoms with E-state index in [2.05, 4.69) is 13.8 Å². The summed E-state index contributed by atoms with van der Waals surface area (Å²) in [6.45, 7) is 5.19. The maximum atomic E-state index is 9.16. The van der Waals surface area contributed by atoms with Gasteiger partial charge in [0, 0.05) is 6.61 Å². The summed E-state index contributed by atoms with van der Waals surface area (Å²) in [6, 6.07) is 7.45. The highest BCUT2D eigenvalue weighted by Gasteiger charge is 2.00. The molecule has 1 aromatic rings. The van der Waals surface area contributed by atoms with Crippen LogP contribution in [0.25, 0.3) is 0 Å². The molecule has 0 saturated carbocycles. The predicted molar refractivity (Wildman–Crippen MR) is 71.4 cm³/mol. The molecule has 1 N–H and O–H groups in total. The number of rotatable bonds is 8. The molecule has 0 aliphatic heterocycles. The van der Waals surface area contributed by atoms with Crippen LogP contribution in [0.2, 0.25) is 0 Å². The Morgan fingerprint density at radius 2 is 1.88 bits per heavy atom. The minimum Gasteiger partial charge on any atom is -0.508 e. The van der Waals surface area contributed by atoms with Gasteiger partial charge in [0.25, 0.3) is 0 Å². The van der Waals surface area contributed by atoms with Crippen molar-refractivity contribution in [2.45, 2.75) is 52.1 Å². The van der Waals surface area contributed by atoms with E-state index in [4.69, 9.17) is 9.84 Å². The molecule has 0 aliphatic rings. The molecule has 1 rings (SSSR count). The lowest BCUT2D eigenvalue weighted by Crippen LogP contribution is -2.08. The van der Waals surface area contributed by atoms with Crippen molar-refractivity contribution in [3.8, 4) is 5.75 Å². The van der Waals surface area contributed by atoms with Crippen LogP contribution in [0.5, 0.6) is 5.75 Å². The second kappa shape index (κ2) is 8.13. The number of phenolic OH excluding ortho intramolecular Hbond substituents is 1. The van der Waals surface area contributed by atoms with Crippen LogP contribution in [-0.2, 0) is 11.2 Å². The monoisotopic (exact) mass is 236 g/mol. The topological polar surface area (TPSA) is 29.5 Å². The van der Waals surface area contributed by atoms with Crippen LogP contribution in [0, 0.1) is 0 Å². The Kier molecular flexibility index (Phi) is 6.71. The number of ether oxygens (including phenoxy) is 1. The first-order valence-corrected chi connectivity index (χ1v) is 6.62. The fourth-order valence-electron chi connectivity index (χ4n) is 1.87. The third kappa shape index (κ3) is 6.32. The fourth-order valence-corrected chi connectivity index (χ4v) is 1.87. The Morgan fingerprint density at radius 3 is 2.53 bits per heavy atom. The van der Waals surface area contributed by atoms with E-state index in [1.807, 2.05) is 12.1 Å². The van der Waals surface area contributed by atoms with Gasteiger partial charge in [0.05, 0.1) is 6.10 Å². The van der Waals surface area contributed by atoms with Gasteiger partial charge >= 0.3 is 0 Å². The Labute approximate surface area is 105 Å².